The molecule has 1 heterocycles. The zero-order valence-electron chi connectivity index (χ0n) is 14.4. The van der Waals surface area contributed by atoms with Crippen molar-refractivity contribution in [1.29, 1.82) is 0 Å². The molecule has 1 aromatic heterocycles. The molecule has 0 aliphatic heterocycles. The maximum absolute atomic E-state index is 13.6. The van der Waals surface area contributed by atoms with Crippen LogP contribution in [0.5, 0.6) is 0 Å². The minimum absolute atomic E-state index is 0.0740. The average molecular weight is 390 g/mol. The molecule has 0 atom stereocenters. The number of benzene rings is 2. The number of tetrazole rings is 1. The van der Waals surface area contributed by atoms with Crippen LogP contribution in [0.15, 0.2) is 48.7 Å². The molecule has 0 saturated heterocycles. The summed E-state index contributed by atoms with van der Waals surface area (Å²) in [6.07, 6.45) is 1.49. The number of rotatable bonds is 5. The molecule has 0 radical (unpaired) electrons. The highest BCUT2D eigenvalue weighted by Gasteiger charge is 2.23. The maximum atomic E-state index is 13.6. The largest absolute Gasteiger partial charge is 0.383 e. The summed E-state index contributed by atoms with van der Waals surface area (Å²) in [5.74, 6) is -2.19. The normalized spacial score (nSPS) is 11.5. The minimum Gasteiger partial charge on any atom is -0.383 e. The van der Waals surface area contributed by atoms with E-state index in [0.717, 1.165) is 12.1 Å². The molecule has 0 spiro atoms. The van der Waals surface area contributed by atoms with Crippen molar-refractivity contribution in [1.82, 2.24) is 25.1 Å². The fourth-order valence-electron chi connectivity index (χ4n) is 2.43. The standard InChI is InChI=1S/C18H14ClF2N5O/c1-25(2)10-16(17(27)11-7-13(20)9-14(21)8-11)18-22-23-24-26(18)15-5-3-12(19)4-6-15/h3-10H,1-2H3. The number of allylic oxidation sites excluding steroid dienone is 1. The molecule has 0 fully saturated rings. The van der Waals surface area contributed by atoms with Crippen LogP contribution in [0.4, 0.5) is 8.78 Å². The lowest BCUT2D eigenvalue weighted by atomic mass is 10.0. The fourth-order valence-corrected chi connectivity index (χ4v) is 2.55. The van der Waals surface area contributed by atoms with Crippen molar-refractivity contribution in [3.05, 3.63) is 76.7 Å². The zero-order chi connectivity index (χ0) is 19.6. The lowest BCUT2D eigenvalue weighted by Crippen LogP contribution is -2.14. The third kappa shape index (κ3) is 4.17. The molecule has 138 valence electrons. The van der Waals surface area contributed by atoms with E-state index in [2.05, 4.69) is 15.5 Å². The molecule has 0 aliphatic rings. The van der Waals surface area contributed by atoms with Crippen LogP contribution in [0.25, 0.3) is 11.3 Å². The first-order valence-electron chi connectivity index (χ1n) is 7.79. The molecule has 0 bridgehead atoms. The molecular formula is C18H14ClF2N5O. The SMILES string of the molecule is CN(C)C=C(C(=O)c1cc(F)cc(F)c1)c1nnnn1-c1ccc(Cl)cc1. The third-order valence-corrected chi connectivity index (χ3v) is 3.79. The van der Waals surface area contributed by atoms with Crippen LogP contribution in [0, 0.1) is 11.6 Å². The van der Waals surface area contributed by atoms with E-state index in [9.17, 15) is 13.6 Å². The summed E-state index contributed by atoms with van der Waals surface area (Å²) in [6, 6.07) is 9.30. The van der Waals surface area contributed by atoms with Crippen LogP contribution < -0.4 is 0 Å². The summed E-state index contributed by atoms with van der Waals surface area (Å²) < 4.78 is 28.5. The van der Waals surface area contributed by atoms with E-state index >= 15 is 0 Å². The highest BCUT2D eigenvalue weighted by Crippen LogP contribution is 2.22. The predicted molar refractivity (Wildman–Crippen MR) is 96.5 cm³/mol. The Hall–Kier alpha value is -3.13. The van der Waals surface area contributed by atoms with Gasteiger partial charge in [0.1, 0.15) is 11.6 Å². The third-order valence-electron chi connectivity index (χ3n) is 3.54. The van der Waals surface area contributed by atoms with Crippen molar-refractivity contribution in [2.45, 2.75) is 0 Å². The van der Waals surface area contributed by atoms with Gasteiger partial charge in [0.25, 0.3) is 0 Å². The maximum Gasteiger partial charge on any atom is 0.198 e. The molecule has 3 rings (SSSR count). The van der Waals surface area contributed by atoms with Crippen molar-refractivity contribution < 1.29 is 13.6 Å². The van der Waals surface area contributed by atoms with Crippen molar-refractivity contribution in [2.75, 3.05) is 14.1 Å². The second-order valence-corrected chi connectivity index (χ2v) is 6.32. The molecule has 2 aromatic carbocycles. The van der Waals surface area contributed by atoms with Gasteiger partial charge in [0.15, 0.2) is 11.6 Å². The minimum atomic E-state index is -0.847. The van der Waals surface area contributed by atoms with Gasteiger partial charge in [0, 0.05) is 36.9 Å². The molecule has 0 amide bonds. The smallest absolute Gasteiger partial charge is 0.198 e. The topological polar surface area (TPSA) is 63.9 Å². The first kappa shape index (κ1) is 18.7. The van der Waals surface area contributed by atoms with Crippen molar-refractivity contribution in [3.8, 4) is 5.69 Å². The van der Waals surface area contributed by atoms with Gasteiger partial charge in [-0.1, -0.05) is 11.6 Å². The molecule has 6 nitrogen and oxygen atoms in total. The Kier molecular flexibility index (Phi) is 5.27. The Morgan fingerprint density at radius 3 is 2.33 bits per heavy atom. The van der Waals surface area contributed by atoms with Gasteiger partial charge in [0.2, 0.25) is 0 Å². The first-order valence-corrected chi connectivity index (χ1v) is 8.16. The highest BCUT2D eigenvalue weighted by molar-refractivity contribution is 6.30. The number of ketones is 1. The molecule has 0 unspecified atom stereocenters. The van der Waals surface area contributed by atoms with Crippen LogP contribution in [0.2, 0.25) is 5.02 Å². The Labute approximate surface area is 158 Å². The highest BCUT2D eigenvalue weighted by atomic mass is 35.5. The molecule has 9 heteroatoms. The van der Waals surface area contributed by atoms with E-state index in [1.165, 1.54) is 10.9 Å². The van der Waals surface area contributed by atoms with Gasteiger partial charge in [-0.15, -0.1) is 5.10 Å². The van der Waals surface area contributed by atoms with Gasteiger partial charge in [-0.05, 0) is 46.8 Å². The van der Waals surface area contributed by atoms with E-state index in [0.29, 0.717) is 16.8 Å². The lowest BCUT2D eigenvalue weighted by molar-refractivity contribution is 0.105. The number of hydrogen-bond donors (Lipinski definition) is 0. The Balaban J connectivity index is 2.11. The van der Waals surface area contributed by atoms with Crippen LogP contribution in [0.1, 0.15) is 16.2 Å². The molecule has 0 aliphatic carbocycles. The number of aromatic nitrogens is 4. The molecule has 27 heavy (non-hydrogen) atoms. The summed E-state index contributed by atoms with van der Waals surface area (Å²) in [6.45, 7) is 0. The van der Waals surface area contributed by atoms with Crippen LogP contribution >= 0.6 is 11.6 Å². The van der Waals surface area contributed by atoms with E-state index in [-0.39, 0.29) is 17.0 Å². The number of hydrogen-bond acceptors (Lipinski definition) is 5. The summed E-state index contributed by atoms with van der Waals surface area (Å²) in [5, 5.41) is 12.0. The van der Waals surface area contributed by atoms with Crippen LogP contribution in [-0.2, 0) is 0 Å². The number of Topliss-reactive ketones (excluding diaryl/α,β-unsaturated/α-hetero) is 1. The van der Waals surface area contributed by atoms with Gasteiger partial charge >= 0.3 is 0 Å². The Bertz CT molecular complexity index is 995. The second kappa shape index (κ2) is 7.63. The van der Waals surface area contributed by atoms with Crippen LogP contribution in [0.3, 0.4) is 0 Å². The Morgan fingerprint density at radius 1 is 1.11 bits per heavy atom. The summed E-state index contributed by atoms with van der Waals surface area (Å²) >= 11 is 5.90. The summed E-state index contributed by atoms with van der Waals surface area (Å²) in [5.41, 5.74) is 0.499. The van der Waals surface area contributed by atoms with E-state index in [1.54, 1.807) is 43.3 Å². The number of carbonyl (C=O) groups excluding carboxylic acids is 1. The monoisotopic (exact) mass is 389 g/mol. The van der Waals surface area contributed by atoms with Gasteiger partial charge in [-0.2, -0.15) is 4.68 Å². The molecule has 0 N–H and O–H groups in total. The van der Waals surface area contributed by atoms with E-state index in [1.807, 2.05) is 0 Å². The predicted octanol–water partition coefficient (Wildman–Crippen LogP) is 3.38. The second-order valence-electron chi connectivity index (χ2n) is 5.88. The first-order chi connectivity index (χ1) is 12.8. The number of carbonyl (C=O) groups is 1. The van der Waals surface area contributed by atoms with E-state index < -0.39 is 17.4 Å². The Morgan fingerprint density at radius 2 is 1.74 bits per heavy atom. The van der Waals surface area contributed by atoms with Gasteiger partial charge in [-0.25, -0.2) is 8.78 Å². The van der Waals surface area contributed by atoms with Gasteiger partial charge < -0.3 is 4.90 Å². The van der Waals surface area contributed by atoms with Crippen molar-refractivity contribution >= 4 is 23.0 Å². The lowest BCUT2D eigenvalue weighted by Gasteiger charge is -2.12. The summed E-state index contributed by atoms with van der Waals surface area (Å²) in [4.78, 5) is 14.6. The average Bonchev–Trinajstić information content (AvgIpc) is 3.08. The molecular weight excluding hydrogens is 376 g/mol. The number of halogens is 3. The van der Waals surface area contributed by atoms with Crippen molar-refractivity contribution in [3.63, 3.8) is 0 Å². The summed E-state index contributed by atoms with van der Waals surface area (Å²) in [7, 11) is 3.41. The van der Waals surface area contributed by atoms with Crippen LogP contribution in [-0.4, -0.2) is 45.0 Å². The van der Waals surface area contributed by atoms with Gasteiger partial charge in [-0.3, -0.25) is 4.79 Å². The fraction of sp³-hybridized carbons (Fsp3) is 0.111. The molecule has 0 saturated carbocycles. The molecule has 3 aromatic rings. The zero-order valence-corrected chi connectivity index (χ0v) is 15.2. The quantitative estimate of drug-likeness (QED) is 0.494. The number of nitrogens with zero attached hydrogens (tertiary/aromatic N) is 5. The van der Waals surface area contributed by atoms with Crippen molar-refractivity contribution in [2.24, 2.45) is 0 Å². The van der Waals surface area contributed by atoms with Gasteiger partial charge in [0.05, 0.1) is 11.3 Å². The van der Waals surface area contributed by atoms with E-state index in [4.69, 9.17) is 11.6 Å².